The van der Waals surface area contributed by atoms with Crippen LogP contribution in [0.4, 0.5) is 13.2 Å². The van der Waals surface area contributed by atoms with Gasteiger partial charge in [-0.3, -0.25) is 0 Å². The van der Waals surface area contributed by atoms with Gasteiger partial charge in [-0.2, -0.15) is 18.4 Å². The number of hydrogen-bond donors (Lipinski definition) is 2. The average Bonchev–Trinajstić information content (AvgIpc) is 2.88. The highest BCUT2D eigenvalue weighted by atomic mass is 19.4. The first-order chi connectivity index (χ1) is 10.3. The van der Waals surface area contributed by atoms with Crippen molar-refractivity contribution in [1.82, 2.24) is 4.98 Å². The lowest BCUT2D eigenvalue weighted by atomic mass is 9.89. The molecule has 0 saturated carbocycles. The van der Waals surface area contributed by atoms with Gasteiger partial charge in [-0.1, -0.05) is 0 Å². The summed E-state index contributed by atoms with van der Waals surface area (Å²) >= 11 is 0. The molecular weight excluding hydrogens is 299 g/mol. The maximum Gasteiger partial charge on any atom is 0.421 e. The van der Waals surface area contributed by atoms with Gasteiger partial charge in [0.2, 0.25) is 5.54 Å². The molecule has 2 rings (SSSR count). The number of nitriles is 1. The number of carbonyl (C=O) groups is 1. The zero-order valence-corrected chi connectivity index (χ0v) is 11.5. The fourth-order valence-corrected chi connectivity index (χ4v) is 2.14. The molecule has 0 aliphatic carbocycles. The minimum atomic E-state index is -5.06. The molecule has 1 heterocycles. The van der Waals surface area contributed by atoms with E-state index in [-0.39, 0.29) is 17.6 Å². The van der Waals surface area contributed by atoms with Crippen LogP contribution in [0.5, 0.6) is 0 Å². The second-order valence-corrected chi connectivity index (χ2v) is 4.60. The highest BCUT2D eigenvalue weighted by Gasteiger charge is 2.61. The van der Waals surface area contributed by atoms with Crippen LogP contribution in [-0.4, -0.2) is 23.7 Å². The number of aromatic nitrogens is 1. The Hall–Kier alpha value is -2.53. The van der Waals surface area contributed by atoms with Crippen LogP contribution >= 0.6 is 0 Å². The number of fused-ring (bicyclic) bond motifs is 1. The van der Waals surface area contributed by atoms with Crippen molar-refractivity contribution < 1.29 is 22.7 Å². The fourth-order valence-electron chi connectivity index (χ4n) is 2.14. The number of nitrogens with one attached hydrogen (secondary N) is 1. The van der Waals surface area contributed by atoms with E-state index in [1.54, 1.807) is 0 Å². The topological polar surface area (TPSA) is 91.9 Å². The molecule has 0 spiro atoms. The number of H-pyrrole nitrogens is 1. The number of hydrogen-bond acceptors (Lipinski definition) is 4. The Morgan fingerprint density at radius 3 is 2.68 bits per heavy atom. The van der Waals surface area contributed by atoms with Crippen LogP contribution < -0.4 is 5.73 Å². The lowest BCUT2D eigenvalue weighted by Crippen LogP contribution is -2.57. The number of ether oxygens (including phenoxy) is 1. The molecule has 0 fully saturated rings. The van der Waals surface area contributed by atoms with Gasteiger partial charge < -0.3 is 15.5 Å². The number of rotatable bonds is 3. The highest BCUT2D eigenvalue weighted by molar-refractivity contribution is 5.93. The van der Waals surface area contributed by atoms with Gasteiger partial charge in [-0.15, -0.1) is 0 Å². The molecule has 1 unspecified atom stereocenters. The van der Waals surface area contributed by atoms with Crippen LogP contribution in [0.25, 0.3) is 10.9 Å². The van der Waals surface area contributed by atoms with E-state index in [0.717, 1.165) is 6.20 Å². The zero-order chi connectivity index (χ0) is 16.5. The highest BCUT2D eigenvalue weighted by Crippen LogP contribution is 2.41. The molecule has 2 aromatic rings. The number of esters is 1. The lowest BCUT2D eigenvalue weighted by molar-refractivity contribution is -0.208. The predicted octanol–water partition coefficient (Wildman–Crippen LogP) is 2.32. The maximum atomic E-state index is 13.4. The van der Waals surface area contributed by atoms with Crippen molar-refractivity contribution in [2.24, 2.45) is 5.73 Å². The molecule has 5 nitrogen and oxygen atoms in total. The molecule has 1 aromatic carbocycles. The van der Waals surface area contributed by atoms with Gasteiger partial charge in [0.05, 0.1) is 18.2 Å². The van der Waals surface area contributed by atoms with Crippen LogP contribution in [0.3, 0.4) is 0 Å². The molecule has 22 heavy (non-hydrogen) atoms. The summed E-state index contributed by atoms with van der Waals surface area (Å²) in [5.74, 6) is -1.59. The van der Waals surface area contributed by atoms with Crippen molar-refractivity contribution in [3.63, 3.8) is 0 Å². The molecule has 0 radical (unpaired) electrons. The van der Waals surface area contributed by atoms with E-state index in [2.05, 4.69) is 9.72 Å². The predicted molar refractivity (Wildman–Crippen MR) is 71.6 cm³/mol. The molecule has 8 heteroatoms. The minimum absolute atomic E-state index is 0.0481. The minimum Gasteiger partial charge on any atom is -0.464 e. The second-order valence-electron chi connectivity index (χ2n) is 4.60. The Balaban J connectivity index is 2.73. The molecule has 0 saturated heterocycles. The first kappa shape index (κ1) is 15.9. The van der Waals surface area contributed by atoms with Gasteiger partial charge in [0.15, 0.2) is 0 Å². The summed E-state index contributed by atoms with van der Waals surface area (Å²) in [5.41, 5.74) is 2.12. The summed E-state index contributed by atoms with van der Waals surface area (Å²) in [6, 6.07) is 5.96. The average molecular weight is 311 g/mol. The maximum absolute atomic E-state index is 13.4. The van der Waals surface area contributed by atoms with Gasteiger partial charge in [0.1, 0.15) is 0 Å². The van der Waals surface area contributed by atoms with E-state index in [4.69, 9.17) is 11.0 Å². The third kappa shape index (κ3) is 2.29. The Morgan fingerprint density at radius 1 is 1.45 bits per heavy atom. The molecule has 1 aromatic heterocycles. The number of aromatic amines is 1. The largest absolute Gasteiger partial charge is 0.464 e. The van der Waals surface area contributed by atoms with Gasteiger partial charge in [-0.25, -0.2) is 4.79 Å². The van der Waals surface area contributed by atoms with E-state index in [1.165, 1.54) is 25.1 Å². The third-order valence-electron chi connectivity index (χ3n) is 3.28. The molecular formula is C14H12F3N3O2. The Bertz CT molecular complexity index is 761. The number of carbonyl (C=O) groups excluding carboxylic acids is 1. The quantitative estimate of drug-likeness (QED) is 0.851. The molecule has 1 atom stereocenters. The number of nitrogens with two attached hydrogens (primary N) is 1. The third-order valence-corrected chi connectivity index (χ3v) is 3.28. The fraction of sp³-hybridized carbons (Fsp3) is 0.286. The summed E-state index contributed by atoms with van der Waals surface area (Å²) in [7, 11) is 0. The first-order valence-corrected chi connectivity index (χ1v) is 6.30. The van der Waals surface area contributed by atoms with Crippen molar-refractivity contribution in [3.05, 3.63) is 35.5 Å². The molecule has 3 N–H and O–H groups in total. The summed E-state index contributed by atoms with van der Waals surface area (Å²) in [5, 5.41) is 8.92. The smallest absolute Gasteiger partial charge is 0.421 e. The van der Waals surface area contributed by atoms with Crippen molar-refractivity contribution in [2.45, 2.75) is 18.6 Å². The van der Waals surface area contributed by atoms with Crippen LogP contribution in [0.2, 0.25) is 0 Å². The zero-order valence-electron chi connectivity index (χ0n) is 11.5. The van der Waals surface area contributed by atoms with Gasteiger partial charge in [0, 0.05) is 22.7 Å². The SMILES string of the molecule is CCOC(=O)C(N)(c1c[nH]c2ccc(C#N)cc12)C(F)(F)F. The molecule has 0 amide bonds. The van der Waals surface area contributed by atoms with E-state index >= 15 is 0 Å². The number of halogens is 3. The van der Waals surface area contributed by atoms with Crippen molar-refractivity contribution in [2.75, 3.05) is 6.61 Å². The molecule has 0 aliphatic heterocycles. The van der Waals surface area contributed by atoms with Crippen LogP contribution in [0.1, 0.15) is 18.1 Å². The summed E-state index contributed by atoms with van der Waals surface area (Å²) in [6.07, 6.45) is -4.05. The van der Waals surface area contributed by atoms with Crippen molar-refractivity contribution in [3.8, 4) is 6.07 Å². The summed E-state index contributed by atoms with van der Waals surface area (Å²) < 4.78 is 44.8. The van der Waals surface area contributed by atoms with E-state index in [9.17, 15) is 18.0 Å². The lowest BCUT2D eigenvalue weighted by Gasteiger charge is -2.29. The normalized spacial score (nSPS) is 14.4. The van der Waals surface area contributed by atoms with Crippen LogP contribution in [0.15, 0.2) is 24.4 Å². The Morgan fingerprint density at radius 2 is 2.14 bits per heavy atom. The summed E-state index contributed by atoms with van der Waals surface area (Å²) in [6.45, 7) is 1.15. The molecule has 0 bridgehead atoms. The monoisotopic (exact) mass is 311 g/mol. The number of nitrogens with zero attached hydrogens (tertiary/aromatic N) is 1. The Labute approximate surface area is 123 Å². The van der Waals surface area contributed by atoms with Crippen LogP contribution in [0, 0.1) is 11.3 Å². The van der Waals surface area contributed by atoms with Crippen LogP contribution in [-0.2, 0) is 15.1 Å². The van der Waals surface area contributed by atoms with Gasteiger partial charge in [0.25, 0.3) is 0 Å². The van der Waals surface area contributed by atoms with Crippen molar-refractivity contribution >= 4 is 16.9 Å². The second kappa shape index (κ2) is 5.35. The van der Waals surface area contributed by atoms with E-state index in [0.29, 0.717) is 5.52 Å². The molecule has 116 valence electrons. The summed E-state index contributed by atoms with van der Waals surface area (Å²) in [4.78, 5) is 14.5. The first-order valence-electron chi connectivity index (χ1n) is 6.30. The molecule has 0 aliphatic rings. The van der Waals surface area contributed by atoms with Gasteiger partial charge >= 0.3 is 12.1 Å². The van der Waals surface area contributed by atoms with E-state index in [1.807, 2.05) is 6.07 Å². The number of alkyl halides is 3. The van der Waals surface area contributed by atoms with Crippen molar-refractivity contribution in [1.29, 1.82) is 5.26 Å². The Kier molecular flexibility index (Phi) is 3.85. The van der Waals surface area contributed by atoms with E-state index < -0.39 is 23.2 Å². The van der Waals surface area contributed by atoms with Gasteiger partial charge in [-0.05, 0) is 25.1 Å². The number of benzene rings is 1. The standard InChI is InChI=1S/C14H12F3N3O2/c1-2-22-12(21)13(19,14(15,16)17)10-7-20-11-4-3-8(6-18)5-9(10)11/h3-5,7,20H,2,19H2,1H3.